The summed E-state index contributed by atoms with van der Waals surface area (Å²) in [6.07, 6.45) is -2.54. The molecule has 0 spiro atoms. The molecule has 0 fully saturated rings. The number of anilines is 1. The van der Waals surface area contributed by atoms with Gasteiger partial charge in [-0.05, 0) is 0 Å². The molecule has 1 heterocycles. The van der Waals surface area contributed by atoms with Gasteiger partial charge in [-0.15, -0.1) is 0 Å². The molecule has 5 nitrogen and oxygen atoms in total. The first-order valence-electron chi connectivity index (χ1n) is 4.79. The Balaban J connectivity index is 2.86. The lowest BCUT2D eigenvalue weighted by Crippen LogP contribution is -2.13. The topological polar surface area (TPSA) is 73.1 Å². The molecule has 0 aliphatic rings. The second-order valence-electron chi connectivity index (χ2n) is 3.45. The first-order valence-corrected chi connectivity index (χ1v) is 4.79. The van der Waals surface area contributed by atoms with Gasteiger partial charge in [0.25, 0.3) is 6.43 Å². The summed E-state index contributed by atoms with van der Waals surface area (Å²) in [6.45, 7) is 3.07. The molecule has 0 radical (unpaired) electrons. The van der Waals surface area contributed by atoms with Crippen LogP contribution in [0, 0.1) is 0 Å². The van der Waals surface area contributed by atoms with Crippen molar-refractivity contribution in [3.63, 3.8) is 0 Å². The number of nitrogens with zero attached hydrogens (tertiary/aromatic N) is 2. The summed E-state index contributed by atoms with van der Waals surface area (Å²) in [6, 6.07) is 1.37. The van der Waals surface area contributed by atoms with Crippen molar-refractivity contribution >= 4 is 5.82 Å². The number of nitrogens with one attached hydrogen (secondary N) is 1. The third-order valence-electron chi connectivity index (χ3n) is 1.74. The van der Waals surface area contributed by atoms with E-state index in [2.05, 4.69) is 15.4 Å². The molecule has 0 aliphatic carbocycles. The number of halogens is 2. The van der Waals surface area contributed by atoms with Crippen LogP contribution in [-0.2, 0) is 0 Å². The number of nitrogen functional groups attached to an aromatic ring is 1. The van der Waals surface area contributed by atoms with Gasteiger partial charge in [0.05, 0.1) is 0 Å². The van der Waals surface area contributed by atoms with Gasteiger partial charge in [0.2, 0.25) is 5.88 Å². The molecule has 1 aromatic rings. The monoisotopic (exact) mass is 232 g/mol. The number of ether oxygens (including phenoxy) is 1. The normalized spacial score (nSPS) is 10.9. The molecule has 0 unspecified atom stereocenters. The Morgan fingerprint density at radius 2 is 2.12 bits per heavy atom. The van der Waals surface area contributed by atoms with Crippen molar-refractivity contribution in [2.45, 2.75) is 26.2 Å². The second-order valence-corrected chi connectivity index (χ2v) is 3.45. The molecule has 0 atom stereocenters. The number of hydrogen-bond donors (Lipinski definition) is 2. The highest BCUT2D eigenvalue weighted by Gasteiger charge is 2.10. The van der Waals surface area contributed by atoms with E-state index < -0.39 is 13.0 Å². The summed E-state index contributed by atoms with van der Waals surface area (Å²) in [7, 11) is 0. The van der Waals surface area contributed by atoms with E-state index in [9.17, 15) is 8.78 Å². The molecule has 1 aromatic heterocycles. The smallest absolute Gasteiger partial charge is 0.272 e. The van der Waals surface area contributed by atoms with E-state index in [0.29, 0.717) is 11.6 Å². The predicted octanol–water partition coefficient (Wildman–Crippen LogP) is 1.53. The zero-order valence-electron chi connectivity index (χ0n) is 9.08. The Labute approximate surface area is 92.0 Å². The molecule has 0 bridgehead atoms. The van der Waals surface area contributed by atoms with Crippen LogP contribution in [0.5, 0.6) is 5.88 Å². The summed E-state index contributed by atoms with van der Waals surface area (Å²) in [5, 5.41) is 0. The van der Waals surface area contributed by atoms with E-state index >= 15 is 0 Å². The van der Waals surface area contributed by atoms with Crippen LogP contribution in [0.3, 0.4) is 0 Å². The van der Waals surface area contributed by atoms with Gasteiger partial charge in [0.1, 0.15) is 11.6 Å². The van der Waals surface area contributed by atoms with Gasteiger partial charge in [-0.1, -0.05) is 13.8 Å². The molecule has 3 N–H and O–H groups in total. The van der Waals surface area contributed by atoms with E-state index in [-0.39, 0.29) is 11.8 Å². The number of aromatic nitrogens is 2. The van der Waals surface area contributed by atoms with Crippen molar-refractivity contribution in [2.24, 2.45) is 5.84 Å². The second kappa shape index (κ2) is 5.55. The Morgan fingerprint density at radius 3 is 2.62 bits per heavy atom. The fraction of sp³-hybridized carbons (Fsp3) is 0.556. The minimum atomic E-state index is -2.54. The first kappa shape index (κ1) is 12.6. The average molecular weight is 232 g/mol. The van der Waals surface area contributed by atoms with Crippen LogP contribution in [0.15, 0.2) is 6.07 Å². The summed E-state index contributed by atoms with van der Waals surface area (Å²) in [5.74, 6) is 6.17. The van der Waals surface area contributed by atoms with Crippen LogP contribution < -0.4 is 16.0 Å². The van der Waals surface area contributed by atoms with Crippen molar-refractivity contribution in [1.29, 1.82) is 0 Å². The lowest BCUT2D eigenvalue weighted by molar-refractivity contribution is 0.0794. The lowest BCUT2D eigenvalue weighted by atomic mass is 10.2. The summed E-state index contributed by atoms with van der Waals surface area (Å²) in [5.41, 5.74) is 2.33. The molecule has 0 aromatic carbocycles. The fourth-order valence-electron chi connectivity index (χ4n) is 0.997. The highest BCUT2D eigenvalue weighted by molar-refractivity contribution is 5.37. The highest BCUT2D eigenvalue weighted by atomic mass is 19.3. The van der Waals surface area contributed by atoms with E-state index in [1.165, 1.54) is 6.07 Å². The molecular weight excluding hydrogens is 218 g/mol. The van der Waals surface area contributed by atoms with E-state index in [1.54, 1.807) is 0 Å². The van der Waals surface area contributed by atoms with E-state index in [0.717, 1.165) is 0 Å². The predicted molar refractivity (Wildman–Crippen MR) is 55.4 cm³/mol. The van der Waals surface area contributed by atoms with Crippen molar-refractivity contribution < 1.29 is 13.5 Å². The van der Waals surface area contributed by atoms with Crippen molar-refractivity contribution in [3.05, 3.63) is 11.9 Å². The summed E-state index contributed by atoms with van der Waals surface area (Å²) >= 11 is 0. The van der Waals surface area contributed by atoms with E-state index in [4.69, 9.17) is 10.6 Å². The first-order chi connectivity index (χ1) is 7.52. The minimum absolute atomic E-state index is 0.0576. The lowest BCUT2D eigenvalue weighted by Gasteiger charge is -2.10. The Bertz CT molecular complexity index is 346. The van der Waals surface area contributed by atoms with Gasteiger partial charge in [-0.3, -0.25) is 0 Å². The average Bonchev–Trinajstić information content (AvgIpc) is 2.25. The maximum atomic E-state index is 12.0. The molecule has 0 saturated heterocycles. The zero-order valence-corrected chi connectivity index (χ0v) is 9.08. The van der Waals surface area contributed by atoms with Crippen LogP contribution in [-0.4, -0.2) is 23.0 Å². The number of alkyl halides is 2. The zero-order chi connectivity index (χ0) is 12.1. The molecule has 90 valence electrons. The Morgan fingerprint density at radius 1 is 1.44 bits per heavy atom. The van der Waals surface area contributed by atoms with E-state index in [1.807, 2.05) is 13.8 Å². The third-order valence-corrected chi connectivity index (χ3v) is 1.74. The third kappa shape index (κ3) is 3.58. The van der Waals surface area contributed by atoms with Gasteiger partial charge in [-0.25, -0.2) is 19.6 Å². The van der Waals surface area contributed by atoms with Crippen LogP contribution >= 0.6 is 0 Å². The molecule has 0 amide bonds. The van der Waals surface area contributed by atoms with Crippen LogP contribution in [0.25, 0.3) is 0 Å². The van der Waals surface area contributed by atoms with Crippen LogP contribution in [0.1, 0.15) is 25.6 Å². The number of hydrogen-bond acceptors (Lipinski definition) is 5. The molecule has 7 heteroatoms. The maximum Gasteiger partial charge on any atom is 0.272 e. The maximum absolute atomic E-state index is 12.0. The van der Waals surface area contributed by atoms with Crippen LogP contribution in [0.2, 0.25) is 0 Å². The number of hydrazine groups is 1. The molecule has 16 heavy (non-hydrogen) atoms. The summed E-state index contributed by atoms with van der Waals surface area (Å²) < 4.78 is 28.7. The molecule has 1 rings (SSSR count). The van der Waals surface area contributed by atoms with Crippen molar-refractivity contribution in [3.8, 4) is 5.88 Å². The van der Waals surface area contributed by atoms with Crippen molar-refractivity contribution in [2.75, 3.05) is 12.0 Å². The van der Waals surface area contributed by atoms with Gasteiger partial charge in [0.15, 0.2) is 6.61 Å². The highest BCUT2D eigenvalue weighted by Crippen LogP contribution is 2.18. The quantitative estimate of drug-likeness (QED) is 0.595. The standard InChI is InChI=1S/C9H14F2N4O/c1-5(2)9-13-7(15-12)3-8(14-9)16-4-6(10)11/h3,5-6H,4,12H2,1-2H3,(H,13,14,15). The Hall–Kier alpha value is -1.50. The van der Waals surface area contributed by atoms with Crippen molar-refractivity contribution in [1.82, 2.24) is 9.97 Å². The summed E-state index contributed by atoms with van der Waals surface area (Å²) in [4.78, 5) is 8.05. The fourth-order valence-corrected chi connectivity index (χ4v) is 0.997. The number of rotatable bonds is 5. The molecular formula is C9H14F2N4O. The van der Waals surface area contributed by atoms with Crippen LogP contribution in [0.4, 0.5) is 14.6 Å². The molecule has 0 saturated carbocycles. The Kier molecular flexibility index (Phi) is 4.36. The largest absolute Gasteiger partial charge is 0.471 e. The van der Waals surface area contributed by atoms with Gasteiger partial charge < -0.3 is 10.2 Å². The molecule has 0 aliphatic heterocycles. The van der Waals surface area contributed by atoms with Gasteiger partial charge >= 0.3 is 0 Å². The minimum Gasteiger partial charge on any atom is -0.471 e. The van der Waals surface area contributed by atoms with Gasteiger partial charge in [0, 0.05) is 12.0 Å². The van der Waals surface area contributed by atoms with Gasteiger partial charge in [-0.2, -0.15) is 4.98 Å². The number of nitrogens with two attached hydrogens (primary N) is 1. The SMILES string of the molecule is CC(C)c1nc(NN)cc(OCC(F)F)n1.